The maximum Gasteiger partial charge on any atom is 0.314 e. The van der Waals surface area contributed by atoms with Crippen molar-refractivity contribution in [3.05, 3.63) is 22.4 Å². The van der Waals surface area contributed by atoms with Gasteiger partial charge in [-0.2, -0.15) is 11.3 Å². The van der Waals surface area contributed by atoms with Crippen LogP contribution < -0.4 is 10.6 Å². The number of aliphatic hydroxyl groups is 1. The number of amides is 2. The fourth-order valence-electron chi connectivity index (χ4n) is 2.80. The van der Waals surface area contributed by atoms with Gasteiger partial charge in [0, 0.05) is 25.7 Å². The molecule has 0 radical (unpaired) electrons. The summed E-state index contributed by atoms with van der Waals surface area (Å²) in [6.45, 7) is 7.58. The number of likely N-dealkylation sites (tertiary alicyclic amines) is 1. The lowest BCUT2D eigenvalue weighted by Crippen LogP contribution is -2.46. The minimum Gasteiger partial charge on any atom is -0.387 e. The predicted octanol–water partition coefficient (Wildman–Crippen LogP) is 2.20. The predicted molar refractivity (Wildman–Crippen MR) is 90.1 cm³/mol. The van der Waals surface area contributed by atoms with Crippen LogP contribution in [0, 0.1) is 5.92 Å². The van der Waals surface area contributed by atoms with Crippen molar-refractivity contribution in [2.75, 3.05) is 26.2 Å². The van der Waals surface area contributed by atoms with E-state index in [4.69, 9.17) is 0 Å². The van der Waals surface area contributed by atoms with Gasteiger partial charge in [-0.05, 0) is 61.5 Å². The van der Waals surface area contributed by atoms with Gasteiger partial charge < -0.3 is 20.6 Å². The summed E-state index contributed by atoms with van der Waals surface area (Å²) in [5.41, 5.74) is 0.852. The third-order valence-corrected chi connectivity index (χ3v) is 4.92. The van der Waals surface area contributed by atoms with E-state index in [2.05, 4.69) is 29.4 Å². The number of hydrogen-bond donors (Lipinski definition) is 3. The highest BCUT2D eigenvalue weighted by Crippen LogP contribution is 2.18. The highest BCUT2D eigenvalue weighted by molar-refractivity contribution is 7.07. The highest BCUT2D eigenvalue weighted by atomic mass is 32.1. The first-order valence-corrected chi connectivity index (χ1v) is 8.96. The Kier molecular flexibility index (Phi) is 6.67. The summed E-state index contributed by atoms with van der Waals surface area (Å²) < 4.78 is 0. The maximum atomic E-state index is 11.8. The molecular weight excluding hydrogens is 298 g/mol. The van der Waals surface area contributed by atoms with Crippen LogP contribution in [0.25, 0.3) is 0 Å². The van der Waals surface area contributed by atoms with Crippen molar-refractivity contribution in [1.29, 1.82) is 0 Å². The minimum atomic E-state index is -0.636. The second kappa shape index (κ2) is 8.50. The largest absolute Gasteiger partial charge is 0.387 e. The van der Waals surface area contributed by atoms with Gasteiger partial charge in [0.25, 0.3) is 0 Å². The summed E-state index contributed by atoms with van der Waals surface area (Å²) >= 11 is 1.54. The molecule has 1 aliphatic rings. The summed E-state index contributed by atoms with van der Waals surface area (Å²) in [6, 6.07) is 2.24. The molecule has 2 unspecified atom stereocenters. The Hall–Kier alpha value is -1.11. The quantitative estimate of drug-likeness (QED) is 0.751. The number of thiophene rings is 1. The maximum absolute atomic E-state index is 11.8. The number of nitrogens with one attached hydrogen (secondary N) is 2. The number of piperidine rings is 1. The van der Waals surface area contributed by atoms with E-state index in [9.17, 15) is 9.90 Å². The molecule has 1 saturated heterocycles. The zero-order valence-corrected chi connectivity index (χ0v) is 14.2. The van der Waals surface area contributed by atoms with Crippen molar-refractivity contribution in [2.45, 2.75) is 38.8 Å². The molecule has 0 spiro atoms. The Bertz CT molecular complexity index is 450. The van der Waals surface area contributed by atoms with Crippen LogP contribution in [0.5, 0.6) is 0 Å². The summed E-state index contributed by atoms with van der Waals surface area (Å²) in [6.07, 6.45) is 1.73. The minimum absolute atomic E-state index is 0.198. The summed E-state index contributed by atoms with van der Waals surface area (Å²) in [4.78, 5) is 14.3. The van der Waals surface area contributed by atoms with Crippen molar-refractivity contribution < 1.29 is 9.90 Å². The van der Waals surface area contributed by atoms with Crippen LogP contribution in [-0.2, 0) is 0 Å². The normalized spacial score (nSPS) is 20.8. The SMILES string of the molecule is CC(C)N1CCCC(CNC(=O)NCC(O)c2ccsc2)C1. The van der Waals surface area contributed by atoms with Crippen molar-refractivity contribution in [3.63, 3.8) is 0 Å². The fraction of sp³-hybridized carbons (Fsp3) is 0.688. The van der Waals surface area contributed by atoms with Crippen LogP contribution in [0.3, 0.4) is 0 Å². The van der Waals surface area contributed by atoms with E-state index in [-0.39, 0.29) is 12.6 Å². The third kappa shape index (κ3) is 5.26. The molecule has 2 heterocycles. The van der Waals surface area contributed by atoms with E-state index >= 15 is 0 Å². The number of carbonyl (C=O) groups excluding carboxylic acids is 1. The lowest BCUT2D eigenvalue weighted by Gasteiger charge is -2.35. The van der Waals surface area contributed by atoms with Gasteiger partial charge in [0.05, 0.1) is 6.10 Å². The molecule has 0 saturated carbocycles. The third-order valence-electron chi connectivity index (χ3n) is 4.22. The smallest absolute Gasteiger partial charge is 0.314 e. The summed E-state index contributed by atoms with van der Waals surface area (Å²) in [5.74, 6) is 0.517. The number of aliphatic hydroxyl groups excluding tert-OH is 1. The molecule has 5 nitrogen and oxygen atoms in total. The van der Waals surface area contributed by atoms with Crippen LogP contribution in [0.2, 0.25) is 0 Å². The van der Waals surface area contributed by atoms with Gasteiger partial charge >= 0.3 is 6.03 Å². The average molecular weight is 325 g/mol. The van der Waals surface area contributed by atoms with Gasteiger partial charge in [0.1, 0.15) is 0 Å². The molecule has 1 aromatic heterocycles. The molecule has 0 aliphatic carbocycles. The van der Waals surface area contributed by atoms with Crippen LogP contribution in [0.15, 0.2) is 16.8 Å². The molecule has 1 fully saturated rings. The van der Waals surface area contributed by atoms with Gasteiger partial charge in [-0.1, -0.05) is 0 Å². The zero-order valence-electron chi connectivity index (χ0n) is 13.4. The molecule has 1 aromatic rings. The highest BCUT2D eigenvalue weighted by Gasteiger charge is 2.22. The molecule has 2 amide bonds. The summed E-state index contributed by atoms with van der Waals surface area (Å²) in [5, 5.41) is 19.4. The van der Waals surface area contributed by atoms with E-state index < -0.39 is 6.10 Å². The molecule has 1 aliphatic heterocycles. The Labute approximate surface area is 136 Å². The van der Waals surface area contributed by atoms with Gasteiger partial charge in [-0.15, -0.1) is 0 Å². The second-order valence-electron chi connectivity index (χ2n) is 6.26. The van der Waals surface area contributed by atoms with Crippen molar-refractivity contribution in [2.24, 2.45) is 5.92 Å². The molecule has 22 heavy (non-hydrogen) atoms. The van der Waals surface area contributed by atoms with Crippen molar-refractivity contribution in [1.82, 2.24) is 15.5 Å². The first kappa shape index (κ1) is 17.2. The van der Waals surface area contributed by atoms with E-state index in [1.807, 2.05) is 16.8 Å². The van der Waals surface area contributed by atoms with Gasteiger partial charge in [0.2, 0.25) is 0 Å². The zero-order chi connectivity index (χ0) is 15.9. The first-order chi connectivity index (χ1) is 10.6. The van der Waals surface area contributed by atoms with Crippen molar-refractivity contribution >= 4 is 17.4 Å². The van der Waals surface area contributed by atoms with E-state index in [0.717, 1.165) is 18.7 Å². The van der Waals surface area contributed by atoms with Gasteiger partial charge in [-0.3, -0.25) is 0 Å². The number of nitrogens with zero attached hydrogens (tertiary/aromatic N) is 1. The Morgan fingerprint density at radius 3 is 3.00 bits per heavy atom. The number of rotatable bonds is 6. The molecular formula is C16H27N3O2S. The average Bonchev–Trinajstić information content (AvgIpc) is 3.05. The van der Waals surface area contributed by atoms with Crippen LogP contribution in [0.1, 0.15) is 38.4 Å². The number of carbonyl (C=O) groups is 1. The lowest BCUT2D eigenvalue weighted by molar-refractivity contribution is 0.138. The molecule has 6 heteroatoms. The second-order valence-corrected chi connectivity index (χ2v) is 7.04. The fourth-order valence-corrected chi connectivity index (χ4v) is 3.51. The first-order valence-electron chi connectivity index (χ1n) is 8.02. The van der Waals surface area contributed by atoms with Crippen LogP contribution >= 0.6 is 11.3 Å². The number of hydrogen-bond acceptors (Lipinski definition) is 4. The topological polar surface area (TPSA) is 64.6 Å². The Morgan fingerprint density at radius 2 is 2.32 bits per heavy atom. The van der Waals surface area contributed by atoms with Gasteiger partial charge in [0.15, 0.2) is 0 Å². The molecule has 2 rings (SSSR count). The van der Waals surface area contributed by atoms with E-state index in [0.29, 0.717) is 18.5 Å². The standard InChI is InChI=1S/C16H27N3O2S/c1-12(2)19-6-3-4-13(10-19)8-17-16(21)18-9-15(20)14-5-7-22-11-14/h5,7,11-13,15,20H,3-4,6,8-10H2,1-2H3,(H2,17,18,21). The van der Waals surface area contributed by atoms with E-state index in [1.165, 1.54) is 12.8 Å². The molecule has 124 valence electrons. The van der Waals surface area contributed by atoms with Crippen LogP contribution in [-0.4, -0.2) is 48.3 Å². The lowest BCUT2D eigenvalue weighted by atomic mass is 9.97. The van der Waals surface area contributed by atoms with Crippen LogP contribution in [0.4, 0.5) is 4.79 Å². The summed E-state index contributed by atoms with van der Waals surface area (Å²) in [7, 11) is 0. The Morgan fingerprint density at radius 1 is 1.50 bits per heavy atom. The molecule has 2 atom stereocenters. The van der Waals surface area contributed by atoms with E-state index in [1.54, 1.807) is 11.3 Å². The number of urea groups is 1. The molecule has 0 aromatic carbocycles. The van der Waals surface area contributed by atoms with Gasteiger partial charge in [-0.25, -0.2) is 4.79 Å². The monoisotopic (exact) mass is 325 g/mol. The Balaban J connectivity index is 1.65. The van der Waals surface area contributed by atoms with Crippen molar-refractivity contribution in [3.8, 4) is 0 Å². The molecule has 0 bridgehead atoms. The molecule has 3 N–H and O–H groups in total.